The summed E-state index contributed by atoms with van der Waals surface area (Å²) in [6, 6.07) is 1.64. The van der Waals surface area contributed by atoms with Gasteiger partial charge in [0.25, 0.3) is 0 Å². The van der Waals surface area contributed by atoms with E-state index in [1.165, 1.54) is 13.3 Å². The molecule has 0 fully saturated rings. The van der Waals surface area contributed by atoms with Gasteiger partial charge in [0.15, 0.2) is 0 Å². The third kappa shape index (κ3) is 3.24. The van der Waals surface area contributed by atoms with E-state index in [0.717, 1.165) is 6.42 Å². The summed E-state index contributed by atoms with van der Waals surface area (Å²) in [6.07, 6.45) is 5.79. The molecule has 2 N–H and O–H groups in total. The average molecular weight is 241 g/mol. The predicted molar refractivity (Wildman–Crippen MR) is 64.4 cm³/mol. The second kappa shape index (κ2) is 6.12. The molecular formula is C11H13ClN2O2. The number of nitrogens with zero attached hydrogens (tertiary/aromatic N) is 1. The van der Waals surface area contributed by atoms with Crippen molar-refractivity contribution >= 4 is 29.5 Å². The Morgan fingerprint density at radius 2 is 2.44 bits per heavy atom. The summed E-state index contributed by atoms with van der Waals surface area (Å²) in [6.45, 7) is 0. The lowest BCUT2D eigenvalue weighted by atomic mass is 10.1. The quantitative estimate of drug-likeness (QED) is 0.647. The summed E-state index contributed by atoms with van der Waals surface area (Å²) >= 11 is 5.54. The standard InChI is InChI=1S/C11H13ClN2O2/c1-16-11(15)9-6-8(4-2-3-5-12)10(13)14-7-9/h2,4,6-7H,3,5H2,1H3,(H2,13,14). The Morgan fingerprint density at radius 1 is 1.69 bits per heavy atom. The number of aromatic nitrogens is 1. The van der Waals surface area contributed by atoms with Crippen molar-refractivity contribution in [1.29, 1.82) is 0 Å². The van der Waals surface area contributed by atoms with E-state index in [1.54, 1.807) is 12.1 Å². The van der Waals surface area contributed by atoms with E-state index in [1.807, 2.05) is 6.08 Å². The highest BCUT2D eigenvalue weighted by Crippen LogP contribution is 2.13. The van der Waals surface area contributed by atoms with Gasteiger partial charge in [-0.3, -0.25) is 0 Å². The van der Waals surface area contributed by atoms with E-state index in [9.17, 15) is 4.79 Å². The molecule has 0 aliphatic carbocycles. The third-order valence-electron chi connectivity index (χ3n) is 1.94. The molecule has 0 saturated heterocycles. The van der Waals surface area contributed by atoms with Gasteiger partial charge in [0.1, 0.15) is 5.82 Å². The molecule has 0 unspecified atom stereocenters. The predicted octanol–water partition coefficient (Wildman–Crippen LogP) is 2.09. The van der Waals surface area contributed by atoms with Gasteiger partial charge < -0.3 is 10.5 Å². The van der Waals surface area contributed by atoms with Crippen LogP contribution in [0.3, 0.4) is 0 Å². The fourth-order valence-corrected chi connectivity index (χ4v) is 1.25. The van der Waals surface area contributed by atoms with Crippen LogP contribution in [0.1, 0.15) is 22.3 Å². The second-order valence-electron chi connectivity index (χ2n) is 3.07. The Morgan fingerprint density at radius 3 is 3.06 bits per heavy atom. The van der Waals surface area contributed by atoms with Crippen LogP contribution in [0.5, 0.6) is 0 Å². The number of esters is 1. The Bertz CT molecular complexity index is 405. The van der Waals surface area contributed by atoms with Gasteiger partial charge in [0, 0.05) is 17.6 Å². The number of hydrogen-bond donors (Lipinski definition) is 1. The average Bonchev–Trinajstić information content (AvgIpc) is 2.31. The number of carbonyl (C=O) groups is 1. The number of nitrogen functional groups attached to an aromatic ring is 1. The molecule has 0 atom stereocenters. The fourth-order valence-electron chi connectivity index (χ4n) is 1.13. The van der Waals surface area contributed by atoms with E-state index >= 15 is 0 Å². The number of nitrogens with two attached hydrogens (primary N) is 1. The molecule has 0 amide bonds. The molecule has 1 aromatic heterocycles. The maximum atomic E-state index is 11.3. The SMILES string of the molecule is COC(=O)c1cnc(N)c(C=CCCCl)c1. The molecule has 16 heavy (non-hydrogen) atoms. The van der Waals surface area contributed by atoms with Crippen molar-refractivity contribution in [1.82, 2.24) is 4.98 Å². The number of anilines is 1. The summed E-state index contributed by atoms with van der Waals surface area (Å²) < 4.78 is 4.59. The molecule has 0 spiro atoms. The number of alkyl halides is 1. The Labute approximate surface area is 99.1 Å². The minimum absolute atomic E-state index is 0.374. The number of methoxy groups -OCH3 is 1. The maximum Gasteiger partial charge on any atom is 0.339 e. The van der Waals surface area contributed by atoms with Crippen LogP contribution in [0, 0.1) is 0 Å². The highest BCUT2D eigenvalue weighted by atomic mass is 35.5. The minimum atomic E-state index is -0.431. The number of pyridine rings is 1. The van der Waals surface area contributed by atoms with Gasteiger partial charge in [-0.2, -0.15) is 0 Å². The van der Waals surface area contributed by atoms with Crippen LogP contribution in [0.25, 0.3) is 6.08 Å². The Balaban J connectivity index is 2.94. The minimum Gasteiger partial charge on any atom is -0.465 e. The van der Waals surface area contributed by atoms with Crippen LogP contribution in [-0.4, -0.2) is 23.9 Å². The normalized spacial score (nSPS) is 10.6. The van der Waals surface area contributed by atoms with Crippen molar-refractivity contribution in [2.45, 2.75) is 6.42 Å². The fraction of sp³-hybridized carbons (Fsp3) is 0.273. The van der Waals surface area contributed by atoms with Crippen molar-refractivity contribution in [3.8, 4) is 0 Å². The molecule has 0 aliphatic heterocycles. The first-order valence-electron chi connectivity index (χ1n) is 4.75. The first-order chi connectivity index (χ1) is 7.69. The third-order valence-corrected chi connectivity index (χ3v) is 2.16. The largest absolute Gasteiger partial charge is 0.465 e. The zero-order valence-electron chi connectivity index (χ0n) is 8.94. The molecule has 0 saturated carbocycles. The first kappa shape index (κ1) is 12.5. The molecule has 5 heteroatoms. The van der Waals surface area contributed by atoms with Gasteiger partial charge in [-0.25, -0.2) is 9.78 Å². The molecule has 0 bridgehead atoms. The van der Waals surface area contributed by atoms with Gasteiger partial charge in [-0.05, 0) is 12.5 Å². The number of rotatable bonds is 4. The van der Waals surface area contributed by atoms with Crippen LogP contribution in [0.2, 0.25) is 0 Å². The zero-order valence-corrected chi connectivity index (χ0v) is 9.70. The summed E-state index contributed by atoms with van der Waals surface area (Å²) in [5.74, 6) is 0.485. The molecule has 1 aromatic rings. The van der Waals surface area contributed by atoms with Crippen LogP contribution >= 0.6 is 11.6 Å². The smallest absolute Gasteiger partial charge is 0.339 e. The molecule has 4 nitrogen and oxygen atoms in total. The molecule has 1 rings (SSSR count). The topological polar surface area (TPSA) is 65.2 Å². The van der Waals surface area contributed by atoms with Crippen LogP contribution < -0.4 is 5.73 Å². The van der Waals surface area contributed by atoms with E-state index in [-0.39, 0.29) is 0 Å². The highest BCUT2D eigenvalue weighted by Gasteiger charge is 2.07. The summed E-state index contributed by atoms with van der Waals surface area (Å²) in [4.78, 5) is 15.2. The summed E-state index contributed by atoms with van der Waals surface area (Å²) in [7, 11) is 1.32. The monoisotopic (exact) mass is 240 g/mol. The van der Waals surface area contributed by atoms with E-state index in [2.05, 4.69) is 9.72 Å². The van der Waals surface area contributed by atoms with E-state index in [0.29, 0.717) is 22.8 Å². The summed E-state index contributed by atoms with van der Waals surface area (Å²) in [5.41, 5.74) is 6.73. The maximum absolute atomic E-state index is 11.3. The van der Waals surface area contributed by atoms with Gasteiger partial charge in [-0.15, -0.1) is 11.6 Å². The lowest BCUT2D eigenvalue weighted by Gasteiger charge is -2.02. The van der Waals surface area contributed by atoms with Gasteiger partial charge in [0.05, 0.1) is 12.7 Å². The molecule has 0 aliphatic rings. The number of allylic oxidation sites excluding steroid dienone is 1. The lowest BCUT2D eigenvalue weighted by Crippen LogP contribution is -2.04. The molecule has 0 aromatic carbocycles. The number of halogens is 1. The molecule has 1 heterocycles. The van der Waals surface area contributed by atoms with Crippen LogP contribution in [0.15, 0.2) is 18.3 Å². The van der Waals surface area contributed by atoms with Crippen LogP contribution in [-0.2, 0) is 4.74 Å². The Kier molecular flexibility index (Phi) is 4.79. The highest BCUT2D eigenvalue weighted by molar-refractivity contribution is 6.17. The number of carbonyl (C=O) groups excluding carboxylic acids is 1. The zero-order chi connectivity index (χ0) is 12.0. The van der Waals surface area contributed by atoms with E-state index in [4.69, 9.17) is 17.3 Å². The first-order valence-corrected chi connectivity index (χ1v) is 5.29. The van der Waals surface area contributed by atoms with Crippen molar-refractivity contribution in [3.05, 3.63) is 29.5 Å². The van der Waals surface area contributed by atoms with Crippen molar-refractivity contribution in [2.75, 3.05) is 18.7 Å². The van der Waals surface area contributed by atoms with Gasteiger partial charge in [0.2, 0.25) is 0 Å². The lowest BCUT2D eigenvalue weighted by molar-refractivity contribution is 0.0600. The van der Waals surface area contributed by atoms with Gasteiger partial charge in [-0.1, -0.05) is 12.2 Å². The molecule has 86 valence electrons. The van der Waals surface area contributed by atoms with Crippen molar-refractivity contribution in [3.63, 3.8) is 0 Å². The molecule has 0 radical (unpaired) electrons. The second-order valence-corrected chi connectivity index (χ2v) is 3.45. The van der Waals surface area contributed by atoms with E-state index < -0.39 is 5.97 Å². The Hall–Kier alpha value is -1.55. The number of ether oxygens (including phenoxy) is 1. The molecular weight excluding hydrogens is 228 g/mol. The van der Waals surface area contributed by atoms with Crippen molar-refractivity contribution in [2.24, 2.45) is 0 Å². The van der Waals surface area contributed by atoms with Crippen LogP contribution in [0.4, 0.5) is 5.82 Å². The van der Waals surface area contributed by atoms with Crippen molar-refractivity contribution < 1.29 is 9.53 Å². The number of hydrogen-bond acceptors (Lipinski definition) is 4. The summed E-state index contributed by atoms with van der Waals surface area (Å²) in [5, 5.41) is 0. The van der Waals surface area contributed by atoms with Gasteiger partial charge >= 0.3 is 5.97 Å².